The molecule has 0 radical (unpaired) electrons. The lowest BCUT2D eigenvalue weighted by atomic mass is 9.92. The quantitative estimate of drug-likeness (QED) is 0.840. The van der Waals surface area contributed by atoms with E-state index in [2.05, 4.69) is 20.4 Å². The van der Waals surface area contributed by atoms with Crippen molar-refractivity contribution in [3.63, 3.8) is 0 Å². The van der Waals surface area contributed by atoms with Crippen LogP contribution in [0.15, 0.2) is 10.7 Å². The van der Waals surface area contributed by atoms with E-state index in [0.717, 1.165) is 49.2 Å². The molecular weight excluding hydrogens is 358 g/mol. The second-order valence-corrected chi connectivity index (χ2v) is 7.42. The number of fused-ring (bicyclic) bond motifs is 1. The van der Waals surface area contributed by atoms with Crippen LogP contribution in [0.2, 0.25) is 0 Å². The van der Waals surface area contributed by atoms with Gasteiger partial charge in [0, 0.05) is 43.7 Å². The average Bonchev–Trinajstić information content (AvgIpc) is 3.20. The number of carbonyl (C=O) groups excluding carboxylic acids is 1. The number of hydrogen-bond acceptors (Lipinski definition) is 7. The highest BCUT2D eigenvalue weighted by molar-refractivity contribution is 5.80. The first-order valence-corrected chi connectivity index (χ1v) is 10.0. The lowest BCUT2D eigenvalue weighted by Crippen LogP contribution is -2.45. The number of nitrogens with zero attached hydrogens (tertiary/aromatic N) is 4. The molecule has 4 rings (SSSR count). The Kier molecular flexibility index (Phi) is 5.68. The zero-order chi connectivity index (χ0) is 19.5. The van der Waals surface area contributed by atoms with Crippen molar-refractivity contribution in [1.82, 2.24) is 25.3 Å². The van der Waals surface area contributed by atoms with Gasteiger partial charge in [0.25, 0.3) is 5.89 Å². The first-order chi connectivity index (χ1) is 13.7. The molecule has 0 aromatic carbocycles. The molecule has 2 aromatic rings. The van der Waals surface area contributed by atoms with Gasteiger partial charge in [0.1, 0.15) is 6.61 Å². The molecule has 1 saturated heterocycles. The number of amides is 1. The predicted molar refractivity (Wildman–Crippen MR) is 102 cm³/mol. The smallest absolute Gasteiger partial charge is 0.252 e. The Bertz CT molecular complexity index is 844. The van der Waals surface area contributed by atoms with Gasteiger partial charge in [0.2, 0.25) is 11.7 Å². The van der Waals surface area contributed by atoms with E-state index < -0.39 is 0 Å². The summed E-state index contributed by atoms with van der Waals surface area (Å²) in [6.07, 6.45) is 4.69. The van der Waals surface area contributed by atoms with Crippen LogP contribution < -0.4 is 5.32 Å². The van der Waals surface area contributed by atoms with Gasteiger partial charge in [-0.2, -0.15) is 4.98 Å². The van der Waals surface area contributed by atoms with Crippen molar-refractivity contribution in [2.45, 2.75) is 46.3 Å². The molecule has 8 nitrogen and oxygen atoms in total. The van der Waals surface area contributed by atoms with Gasteiger partial charge >= 0.3 is 0 Å². The summed E-state index contributed by atoms with van der Waals surface area (Å²) in [6.45, 7) is 7.88. The van der Waals surface area contributed by atoms with Crippen LogP contribution >= 0.6 is 0 Å². The first-order valence-electron chi connectivity index (χ1n) is 10.0. The number of piperidine rings is 1. The molecule has 8 heteroatoms. The van der Waals surface area contributed by atoms with Gasteiger partial charge in [0.05, 0.1) is 5.92 Å². The van der Waals surface area contributed by atoms with Crippen molar-refractivity contribution < 1.29 is 14.1 Å². The molecule has 2 aliphatic heterocycles. The van der Waals surface area contributed by atoms with Gasteiger partial charge in [-0.1, -0.05) is 5.16 Å². The van der Waals surface area contributed by atoms with Crippen LogP contribution in [0, 0.1) is 12.8 Å². The summed E-state index contributed by atoms with van der Waals surface area (Å²) < 4.78 is 10.7. The summed E-state index contributed by atoms with van der Waals surface area (Å²) in [5, 5.41) is 7.47. The molecule has 1 amide bonds. The second kappa shape index (κ2) is 8.36. The summed E-state index contributed by atoms with van der Waals surface area (Å²) in [6, 6.07) is 0. The molecule has 2 aromatic heterocycles. The van der Waals surface area contributed by atoms with Crippen molar-refractivity contribution >= 4 is 5.91 Å². The molecule has 0 saturated carbocycles. The summed E-state index contributed by atoms with van der Waals surface area (Å²) in [4.78, 5) is 23.9. The Hall–Kier alpha value is -2.32. The molecule has 28 heavy (non-hydrogen) atoms. The third-order valence-electron chi connectivity index (χ3n) is 5.54. The molecule has 0 aliphatic carbocycles. The van der Waals surface area contributed by atoms with Crippen LogP contribution in [0.1, 0.15) is 42.5 Å². The maximum absolute atomic E-state index is 12.9. The van der Waals surface area contributed by atoms with Crippen molar-refractivity contribution in [3.8, 4) is 11.4 Å². The van der Waals surface area contributed by atoms with Gasteiger partial charge in [0.15, 0.2) is 0 Å². The molecule has 1 fully saturated rings. The minimum atomic E-state index is 0.0894. The highest BCUT2D eigenvalue weighted by Gasteiger charge is 2.30. The summed E-state index contributed by atoms with van der Waals surface area (Å²) in [5.74, 6) is 1.35. The number of carbonyl (C=O) groups is 1. The van der Waals surface area contributed by atoms with Gasteiger partial charge in [-0.25, -0.2) is 0 Å². The van der Waals surface area contributed by atoms with E-state index in [0.29, 0.717) is 38.0 Å². The largest absolute Gasteiger partial charge is 0.372 e. The number of ether oxygens (including phenoxy) is 1. The maximum Gasteiger partial charge on any atom is 0.252 e. The number of aryl methyl sites for hydroxylation is 1. The average molecular weight is 385 g/mol. The van der Waals surface area contributed by atoms with E-state index in [1.165, 1.54) is 5.56 Å². The molecule has 4 heterocycles. The third kappa shape index (κ3) is 3.79. The van der Waals surface area contributed by atoms with E-state index in [-0.39, 0.29) is 11.8 Å². The maximum atomic E-state index is 12.9. The van der Waals surface area contributed by atoms with Crippen LogP contribution in [0.5, 0.6) is 0 Å². The molecule has 1 atom stereocenters. The van der Waals surface area contributed by atoms with Crippen LogP contribution in [0.4, 0.5) is 0 Å². The fraction of sp³-hybridized carbons (Fsp3) is 0.600. The van der Waals surface area contributed by atoms with Crippen molar-refractivity contribution in [3.05, 3.63) is 28.9 Å². The number of pyridine rings is 1. The van der Waals surface area contributed by atoms with Gasteiger partial charge in [-0.15, -0.1) is 0 Å². The van der Waals surface area contributed by atoms with Crippen LogP contribution in [0.3, 0.4) is 0 Å². The second-order valence-electron chi connectivity index (χ2n) is 7.42. The topological polar surface area (TPSA) is 93.4 Å². The Balaban J connectivity index is 1.56. The Morgan fingerprint density at radius 2 is 2.36 bits per heavy atom. The molecule has 0 bridgehead atoms. The molecule has 1 unspecified atom stereocenters. The number of nitrogens with one attached hydrogen (secondary N) is 1. The summed E-state index contributed by atoms with van der Waals surface area (Å²) in [5.41, 5.74) is 4.04. The zero-order valence-electron chi connectivity index (χ0n) is 16.5. The van der Waals surface area contributed by atoms with E-state index in [4.69, 9.17) is 9.26 Å². The van der Waals surface area contributed by atoms with Crippen LogP contribution in [-0.2, 0) is 29.1 Å². The fourth-order valence-electron chi connectivity index (χ4n) is 4.06. The van der Waals surface area contributed by atoms with Crippen LogP contribution in [-0.4, -0.2) is 52.2 Å². The zero-order valence-corrected chi connectivity index (χ0v) is 16.5. The monoisotopic (exact) mass is 385 g/mol. The molecule has 2 aliphatic rings. The fourth-order valence-corrected chi connectivity index (χ4v) is 4.06. The summed E-state index contributed by atoms with van der Waals surface area (Å²) in [7, 11) is 0. The molecule has 150 valence electrons. The minimum absolute atomic E-state index is 0.0894. The summed E-state index contributed by atoms with van der Waals surface area (Å²) >= 11 is 0. The Morgan fingerprint density at radius 1 is 1.46 bits per heavy atom. The Morgan fingerprint density at radius 3 is 3.14 bits per heavy atom. The number of aromatic nitrogens is 3. The van der Waals surface area contributed by atoms with Crippen molar-refractivity contribution in [2.75, 3.05) is 26.2 Å². The van der Waals surface area contributed by atoms with Crippen molar-refractivity contribution in [2.24, 2.45) is 5.92 Å². The van der Waals surface area contributed by atoms with Gasteiger partial charge in [-0.05, 0) is 50.8 Å². The minimum Gasteiger partial charge on any atom is -0.372 e. The van der Waals surface area contributed by atoms with E-state index >= 15 is 0 Å². The SMILES string of the molecule is CCOCc1nc(-c2c(C)ncc3c2CCN(C(=O)C2CCCNC2)C3)no1. The lowest BCUT2D eigenvalue weighted by molar-refractivity contribution is -0.137. The highest BCUT2D eigenvalue weighted by Crippen LogP contribution is 2.31. The van der Waals surface area contributed by atoms with E-state index in [1.54, 1.807) is 0 Å². The standard InChI is InChI=1S/C20H27N5O3/c1-3-27-12-17-23-19(24-28-17)18-13(2)22-10-15-11-25(8-6-16(15)18)20(26)14-5-4-7-21-9-14/h10,14,21H,3-9,11-12H2,1-2H3. The number of hydrogen-bond donors (Lipinski definition) is 1. The van der Waals surface area contributed by atoms with Gasteiger partial charge in [-0.3, -0.25) is 9.78 Å². The van der Waals surface area contributed by atoms with E-state index in [1.807, 2.05) is 24.9 Å². The highest BCUT2D eigenvalue weighted by atomic mass is 16.5. The Labute approximate surface area is 164 Å². The first kappa shape index (κ1) is 19.0. The van der Waals surface area contributed by atoms with E-state index in [9.17, 15) is 4.79 Å². The third-order valence-corrected chi connectivity index (χ3v) is 5.54. The lowest BCUT2D eigenvalue weighted by Gasteiger charge is -2.33. The van der Waals surface area contributed by atoms with Gasteiger partial charge < -0.3 is 19.5 Å². The number of rotatable bonds is 5. The molecular formula is C20H27N5O3. The molecule has 0 spiro atoms. The normalized spacial score (nSPS) is 19.5. The van der Waals surface area contributed by atoms with Crippen LogP contribution in [0.25, 0.3) is 11.4 Å². The van der Waals surface area contributed by atoms with Crippen molar-refractivity contribution in [1.29, 1.82) is 0 Å². The predicted octanol–water partition coefficient (Wildman–Crippen LogP) is 1.86. The molecule has 1 N–H and O–H groups in total.